The summed E-state index contributed by atoms with van der Waals surface area (Å²) in [4.78, 5) is 28.8. The lowest BCUT2D eigenvalue weighted by molar-refractivity contribution is -0.123. The Balaban J connectivity index is 1.65. The number of thioether (sulfide) groups is 1. The van der Waals surface area contributed by atoms with Crippen LogP contribution in [0.25, 0.3) is 6.08 Å². The maximum absolute atomic E-state index is 15.0. The molecule has 7 heteroatoms. The highest BCUT2D eigenvalue weighted by Crippen LogP contribution is 2.44. The number of carbonyl (C=O) groups is 2. The van der Waals surface area contributed by atoms with E-state index in [2.05, 4.69) is 25.7 Å². The molecule has 4 nitrogen and oxygen atoms in total. The van der Waals surface area contributed by atoms with Crippen molar-refractivity contribution in [3.63, 3.8) is 0 Å². The van der Waals surface area contributed by atoms with Crippen LogP contribution in [0, 0.1) is 5.82 Å². The summed E-state index contributed by atoms with van der Waals surface area (Å²) in [5, 5.41) is 0.108. The number of carbonyl (C=O) groups excluding carboxylic acids is 2. The SMILES string of the molecule is CC1CC(C)(C)N(C)c2cc(F)c(/C=C3/SC(=O)N(Cc4ccccc4Cl)C3=O)cc21. The van der Waals surface area contributed by atoms with Gasteiger partial charge in [-0.15, -0.1) is 0 Å². The van der Waals surface area contributed by atoms with Gasteiger partial charge in [0.25, 0.3) is 11.1 Å². The van der Waals surface area contributed by atoms with Gasteiger partial charge in [0.1, 0.15) is 5.82 Å². The molecule has 0 bridgehead atoms. The number of nitrogens with zero attached hydrogens (tertiary/aromatic N) is 2. The molecule has 2 aliphatic heterocycles. The Morgan fingerprint density at radius 3 is 2.68 bits per heavy atom. The van der Waals surface area contributed by atoms with E-state index in [1.54, 1.807) is 24.3 Å². The summed E-state index contributed by atoms with van der Waals surface area (Å²) in [6, 6.07) is 10.4. The third kappa shape index (κ3) is 3.99. The van der Waals surface area contributed by atoms with Gasteiger partial charge < -0.3 is 4.90 Å². The van der Waals surface area contributed by atoms with Gasteiger partial charge in [0.05, 0.1) is 11.4 Å². The second kappa shape index (κ2) is 7.99. The van der Waals surface area contributed by atoms with Crippen LogP contribution in [0.4, 0.5) is 14.9 Å². The minimum Gasteiger partial charge on any atom is -0.369 e. The lowest BCUT2D eigenvalue weighted by atomic mass is 9.80. The monoisotopic (exact) mass is 458 g/mol. The van der Waals surface area contributed by atoms with Crippen LogP contribution in [-0.2, 0) is 11.3 Å². The molecule has 0 aliphatic carbocycles. The number of hydrogen-bond donors (Lipinski definition) is 0. The molecule has 4 rings (SSSR count). The molecule has 2 heterocycles. The quantitative estimate of drug-likeness (QED) is 0.496. The fourth-order valence-electron chi connectivity index (χ4n) is 4.29. The topological polar surface area (TPSA) is 40.6 Å². The van der Waals surface area contributed by atoms with Gasteiger partial charge in [-0.25, -0.2) is 4.39 Å². The first-order valence-corrected chi connectivity index (χ1v) is 11.3. The van der Waals surface area contributed by atoms with Crippen molar-refractivity contribution in [2.45, 2.75) is 45.2 Å². The molecule has 2 aromatic rings. The summed E-state index contributed by atoms with van der Waals surface area (Å²) >= 11 is 7.00. The average Bonchev–Trinajstić information content (AvgIpc) is 2.96. The van der Waals surface area contributed by atoms with Gasteiger partial charge in [-0.05, 0) is 73.4 Å². The molecule has 2 aromatic carbocycles. The molecule has 0 N–H and O–H groups in total. The molecule has 1 atom stereocenters. The van der Waals surface area contributed by atoms with Crippen molar-refractivity contribution in [2.24, 2.45) is 0 Å². The molecule has 162 valence electrons. The Hall–Kier alpha value is -2.31. The third-order valence-electron chi connectivity index (χ3n) is 6.20. The lowest BCUT2D eigenvalue weighted by Crippen LogP contribution is -2.45. The Labute approximate surface area is 191 Å². The highest BCUT2D eigenvalue weighted by Gasteiger charge is 2.37. The standard InChI is InChI=1S/C24H24ClFN2O2S/c1-14-12-24(2,3)27(4)20-11-19(26)16(9-17(14)20)10-21-22(29)28(23(30)31-21)13-15-7-5-6-8-18(15)25/h5-11,14H,12-13H2,1-4H3/b21-10+. The fourth-order valence-corrected chi connectivity index (χ4v) is 5.31. The predicted molar refractivity (Wildman–Crippen MR) is 125 cm³/mol. The number of hydrogen-bond acceptors (Lipinski definition) is 4. The number of amides is 2. The number of halogens is 2. The van der Waals surface area contributed by atoms with E-state index < -0.39 is 11.7 Å². The van der Waals surface area contributed by atoms with Gasteiger partial charge in [-0.3, -0.25) is 14.5 Å². The zero-order chi connectivity index (χ0) is 22.5. The van der Waals surface area contributed by atoms with Gasteiger partial charge >= 0.3 is 0 Å². The fraction of sp³-hybridized carbons (Fsp3) is 0.333. The van der Waals surface area contributed by atoms with Crippen LogP contribution < -0.4 is 4.90 Å². The van der Waals surface area contributed by atoms with Crippen LogP contribution in [0.5, 0.6) is 0 Å². The average molecular weight is 459 g/mol. The molecule has 1 fully saturated rings. The predicted octanol–water partition coefficient (Wildman–Crippen LogP) is 6.44. The molecule has 1 unspecified atom stereocenters. The summed E-state index contributed by atoms with van der Waals surface area (Å²) < 4.78 is 15.0. The van der Waals surface area contributed by atoms with E-state index >= 15 is 0 Å². The zero-order valence-corrected chi connectivity index (χ0v) is 19.5. The molecule has 0 aromatic heterocycles. The normalized spacial score (nSPS) is 21.7. The first kappa shape index (κ1) is 21.9. The summed E-state index contributed by atoms with van der Waals surface area (Å²) in [7, 11) is 1.98. The van der Waals surface area contributed by atoms with E-state index in [9.17, 15) is 14.0 Å². The van der Waals surface area contributed by atoms with Crippen molar-refractivity contribution in [3.8, 4) is 0 Å². The summed E-state index contributed by atoms with van der Waals surface area (Å²) in [6.45, 7) is 6.51. The molecular formula is C24H24ClFN2O2S. The van der Waals surface area contributed by atoms with Crippen LogP contribution in [0.15, 0.2) is 41.3 Å². The number of anilines is 1. The highest BCUT2D eigenvalue weighted by atomic mass is 35.5. The van der Waals surface area contributed by atoms with E-state index in [4.69, 9.17) is 11.6 Å². The molecule has 2 aliphatic rings. The number of rotatable bonds is 3. The van der Waals surface area contributed by atoms with Gasteiger partial charge in [0.2, 0.25) is 0 Å². The maximum atomic E-state index is 15.0. The van der Waals surface area contributed by atoms with Gasteiger partial charge in [0.15, 0.2) is 0 Å². The Morgan fingerprint density at radius 1 is 1.26 bits per heavy atom. The molecule has 2 amide bonds. The number of benzene rings is 2. The van der Waals surface area contributed by atoms with Crippen molar-refractivity contribution in [1.29, 1.82) is 0 Å². The maximum Gasteiger partial charge on any atom is 0.293 e. The molecule has 0 spiro atoms. The van der Waals surface area contributed by atoms with Crippen molar-refractivity contribution in [3.05, 3.63) is 68.8 Å². The molecule has 0 saturated carbocycles. The van der Waals surface area contributed by atoms with Crippen LogP contribution in [0.3, 0.4) is 0 Å². The lowest BCUT2D eigenvalue weighted by Gasteiger charge is -2.45. The van der Waals surface area contributed by atoms with Crippen molar-refractivity contribution in [1.82, 2.24) is 4.90 Å². The smallest absolute Gasteiger partial charge is 0.293 e. The molecule has 1 saturated heterocycles. The van der Waals surface area contributed by atoms with Crippen molar-refractivity contribution in [2.75, 3.05) is 11.9 Å². The second-order valence-corrected chi connectivity index (χ2v) is 10.2. The first-order valence-electron chi connectivity index (χ1n) is 10.1. The Bertz CT molecular complexity index is 1110. The van der Waals surface area contributed by atoms with Gasteiger partial charge in [0, 0.05) is 28.9 Å². The van der Waals surface area contributed by atoms with Gasteiger partial charge in [-0.2, -0.15) is 0 Å². The second-order valence-electron chi connectivity index (χ2n) is 8.77. The molecule has 31 heavy (non-hydrogen) atoms. The Kier molecular flexibility index (Phi) is 5.64. The molecule has 0 radical (unpaired) electrons. The minimum atomic E-state index is -0.432. The summed E-state index contributed by atoms with van der Waals surface area (Å²) in [5.41, 5.74) is 2.85. The van der Waals surface area contributed by atoms with E-state index in [1.807, 2.05) is 13.1 Å². The largest absolute Gasteiger partial charge is 0.369 e. The third-order valence-corrected chi connectivity index (χ3v) is 7.47. The number of fused-ring (bicyclic) bond motifs is 1. The number of imide groups is 1. The van der Waals surface area contributed by atoms with Crippen LogP contribution in [0.1, 0.15) is 49.8 Å². The Morgan fingerprint density at radius 2 is 1.97 bits per heavy atom. The van der Waals surface area contributed by atoms with Gasteiger partial charge in [-0.1, -0.05) is 36.7 Å². The van der Waals surface area contributed by atoms with E-state index in [0.717, 1.165) is 34.3 Å². The van der Waals surface area contributed by atoms with Crippen LogP contribution in [0.2, 0.25) is 5.02 Å². The summed E-state index contributed by atoms with van der Waals surface area (Å²) in [6.07, 6.45) is 2.43. The van der Waals surface area contributed by atoms with Crippen molar-refractivity contribution < 1.29 is 14.0 Å². The first-order chi connectivity index (χ1) is 14.6. The zero-order valence-electron chi connectivity index (χ0n) is 17.9. The highest BCUT2D eigenvalue weighted by molar-refractivity contribution is 8.18. The van der Waals surface area contributed by atoms with Crippen LogP contribution >= 0.6 is 23.4 Å². The van der Waals surface area contributed by atoms with Crippen LogP contribution in [-0.4, -0.2) is 28.6 Å². The van der Waals surface area contributed by atoms with Crippen molar-refractivity contribution >= 4 is 46.3 Å². The molecular weight excluding hydrogens is 435 g/mol. The van der Waals surface area contributed by atoms with E-state index in [0.29, 0.717) is 16.1 Å². The summed E-state index contributed by atoms with van der Waals surface area (Å²) in [5.74, 6) is -0.587. The van der Waals surface area contributed by atoms with E-state index in [1.165, 1.54) is 12.1 Å². The van der Waals surface area contributed by atoms with E-state index in [-0.39, 0.29) is 28.1 Å². The minimum absolute atomic E-state index is 0.0677.